The minimum absolute atomic E-state index is 0.000625. The lowest BCUT2D eigenvalue weighted by Gasteiger charge is -2.34. The van der Waals surface area contributed by atoms with Gasteiger partial charge in [0.25, 0.3) is 0 Å². The second-order valence-corrected chi connectivity index (χ2v) is 4.08. The third-order valence-corrected chi connectivity index (χ3v) is 2.82. The number of nitrogens with zero attached hydrogens (tertiary/aromatic N) is 1. The molecule has 3 nitrogen and oxygen atoms in total. The Balaban J connectivity index is 2.28. The first-order valence-corrected chi connectivity index (χ1v) is 5.15. The van der Waals surface area contributed by atoms with Gasteiger partial charge in [-0.2, -0.15) is 13.2 Å². The minimum Gasteiger partial charge on any atom is -0.397 e. The Morgan fingerprint density at radius 3 is 2.50 bits per heavy atom. The van der Waals surface area contributed by atoms with Crippen LogP contribution >= 0.6 is 0 Å². The SMILES string of the molecule is CNC1=CN(C2CC2)C(C(F)(F)F)C=C1N. The highest BCUT2D eigenvalue weighted by Gasteiger charge is 2.47. The molecule has 2 rings (SSSR count). The van der Waals surface area contributed by atoms with E-state index < -0.39 is 12.2 Å². The Morgan fingerprint density at radius 1 is 1.44 bits per heavy atom. The van der Waals surface area contributed by atoms with E-state index in [0.717, 1.165) is 18.9 Å². The molecule has 16 heavy (non-hydrogen) atoms. The first-order chi connectivity index (χ1) is 7.43. The first-order valence-electron chi connectivity index (χ1n) is 5.15. The van der Waals surface area contributed by atoms with Crippen molar-refractivity contribution in [1.29, 1.82) is 0 Å². The molecule has 0 saturated heterocycles. The molecule has 90 valence electrons. The van der Waals surface area contributed by atoms with Gasteiger partial charge in [-0.15, -0.1) is 0 Å². The molecule has 2 aliphatic rings. The number of alkyl halides is 3. The van der Waals surface area contributed by atoms with Crippen LogP contribution in [0.15, 0.2) is 23.7 Å². The van der Waals surface area contributed by atoms with Crippen molar-refractivity contribution >= 4 is 0 Å². The minimum atomic E-state index is -4.27. The molecule has 0 aromatic rings. The van der Waals surface area contributed by atoms with E-state index in [1.807, 2.05) is 0 Å². The van der Waals surface area contributed by atoms with Gasteiger partial charge >= 0.3 is 6.18 Å². The van der Waals surface area contributed by atoms with Gasteiger partial charge in [0.2, 0.25) is 0 Å². The van der Waals surface area contributed by atoms with Gasteiger partial charge in [-0.1, -0.05) is 0 Å². The molecule has 1 unspecified atom stereocenters. The van der Waals surface area contributed by atoms with E-state index in [1.165, 1.54) is 11.1 Å². The predicted octanol–water partition coefficient (Wildman–Crippen LogP) is 1.30. The molecule has 1 fully saturated rings. The highest BCUT2D eigenvalue weighted by Crippen LogP contribution is 2.38. The Labute approximate surface area is 91.8 Å². The van der Waals surface area contributed by atoms with Crippen molar-refractivity contribution in [2.75, 3.05) is 7.05 Å². The highest BCUT2D eigenvalue weighted by molar-refractivity contribution is 5.33. The van der Waals surface area contributed by atoms with Crippen molar-refractivity contribution in [3.8, 4) is 0 Å². The van der Waals surface area contributed by atoms with Gasteiger partial charge in [0.1, 0.15) is 6.04 Å². The van der Waals surface area contributed by atoms with E-state index in [0.29, 0.717) is 5.70 Å². The summed E-state index contributed by atoms with van der Waals surface area (Å²) in [5.74, 6) is 0. The van der Waals surface area contributed by atoms with Gasteiger partial charge in [0, 0.05) is 19.3 Å². The molecule has 1 heterocycles. The normalized spacial score (nSPS) is 26.2. The number of hydrogen-bond donors (Lipinski definition) is 2. The van der Waals surface area contributed by atoms with Gasteiger partial charge < -0.3 is 16.0 Å². The van der Waals surface area contributed by atoms with E-state index in [4.69, 9.17) is 5.73 Å². The van der Waals surface area contributed by atoms with E-state index in [1.54, 1.807) is 7.05 Å². The molecule has 3 N–H and O–H groups in total. The lowest BCUT2D eigenvalue weighted by molar-refractivity contribution is -0.165. The Bertz CT molecular complexity index is 342. The molecule has 0 radical (unpaired) electrons. The zero-order valence-corrected chi connectivity index (χ0v) is 8.88. The Hall–Kier alpha value is -1.33. The van der Waals surface area contributed by atoms with Crippen LogP contribution < -0.4 is 11.1 Å². The van der Waals surface area contributed by atoms with Crippen LogP contribution in [0.3, 0.4) is 0 Å². The molecule has 0 amide bonds. The number of nitrogens with two attached hydrogens (primary N) is 1. The number of likely N-dealkylation sites (N-methyl/N-ethyl adjacent to an activating group) is 1. The summed E-state index contributed by atoms with van der Waals surface area (Å²) in [5.41, 5.74) is 6.27. The monoisotopic (exact) mass is 233 g/mol. The fraction of sp³-hybridized carbons (Fsp3) is 0.600. The van der Waals surface area contributed by atoms with Crippen LogP contribution in [0.5, 0.6) is 0 Å². The first kappa shape index (κ1) is 11.2. The number of rotatable bonds is 2. The van der Waals surface area contributed by atoms with E-state index in [2.05, 4.69) is 5.32 Å². The molecular formula is C10H14F3N3. The third kappa shape index (κ3) is 1.96. The topological polar surface area (TPSA) is 41.3 Å². The summed E-state index contributed by atoms with van der Waals surface area (Å²) in [4.78, 5) is 1.35. The van der Waals surface area contributed by atoms with Crippen LogP contribution in [0.1, 0.15) is 12.8 Å². The molecule has 0 aromatic heterocycles. The molecule has 0 aromatic carbocycles. The number of nitrogens with one attached hydrogen (secondary N) is 1. The molecule has 0 spiro atoms. The predicted molar refractivity (Wildman–Crippen MR) is 54.1 cm³/mol. The molecular weight excluding hydrogens is 219 g/mol. The summed E-state index contributed by atoms with van der Waals surface area (Å²) >= 11 is 0. The van der Waals surface area contributed by atoms with Crippen molar-refractivity contribution < 1.29 is 13.2 Å². The van der Waals surface area contributed by atoms with Crippen LogP contribution in [0.25, 0.3) is 0 Å². The molecule has 1 aliphatic carbocycles. The zero-order chi connectivity index (χ0) is 11.9. The number of hydrogen-bond acceptors (Lipinski definition) is 3. The standard InChI is InChI=1S/C10H14F3N3/c1-15-8-5-16(6-2-3-6)9(4-7(8)14)10(11,12)13/h4-6,9,15H,2-3,14H2,1H3. The summed E-state index contributed by atoms with van der Waals surface area (Å²) < 4.78 is 38.4. The molecule has 1 aliphatic heterocycles. The average Bonchev–Trinajstić information content (AvgIpc) is 2.99. The van der Waals surface area contributed by atoms with Gasteiger partial charge in [-0.25, -0.2) is 0 Å². The Morgan fingerprint density at radius 2 is 2.06 bits per heavy atom. The van der Waals surface area contributed by atoms with Gasteiger partial charge in [-0.05, 0) is 18.9 Å². The van der Waals surface area contributed by atoms with E-state index in [9.17, 15) is 13.2 Å². The zero-order valence-electron chi connectivity index (χ0n) is 8.88. The average molecular weight is 233 g/mol. The van der Waals surface area contributed by atoms with Crippen molar-refractivity contribution in [3.63, 3.8) is 0 Å². The van der Waals surface area contributed by atoms with Crippen molar-refractivity contribution in [3.05, 3.63) is 23.7 Å². The molecule has 6 heteroatoms. The summed E-state index contributed by atoms with van der Waals surface area (Å²) in [5, 5.41) is 2.80. The van der Waals surface area contributed by atoms with Crippen molar-refractivity contribution in [2.24, 2.45) is 5.73 Å². The van der Waals surface area contributed by atoms with Crippen LogP contribution in [-0.4, -0.2) is 30.2 Å². The lowest BCUT2D eigenvalue weighted by atomic mass is 10.1. The maximum absolute atomic E-state index is 12.8. The summed E-state index contributed by atoms with van der Waals surface area (Å²) in [7, 11) is 1.64. The van der Waals surface area contributed by atoms with Crippen LogP contribution in [-0.2, 0) is 0 Å². The quantitative estimate of drug-likeness (QED) is 0.755. The molecule has 1 atom stereocenters. The Kier molecular flexibility index (Phi) is 2.52. The second kappa shape index (κ2) is 3.61. The molecule has 0 bridgehead atoms. The van der Waals surface area contributed by atoms with Gasteiger partial charge in [-0.3, -0.25) is 0 Å². The lowest BCUT2D eigenvalue weighted by Crippen LogP contribution is -2.46. The van der Waals surface area contributed by atoms with E-state index in [-0.39, 0.29) is 11.7 Å². The van der Waals surface area contributed by atoms with Crippen molar-refractivity contribution in [2.45, 2.75) is 31.1 Å². The second-order valence-electron chi connectivity index (χ2n) is 4.08. The van der Waals surface area contributed by atoms with Crippen LogP contribution in [0.4, 0.5) is 13.2 Å². The summed E-state index contributed by atoms with van der Waals surface area (Å²) in [6.07, 6.45) is -0.0973. The number of halogens is 3. The summed E-state index contributed by atoms with van der Waals surface area (Å²) in [6, 6.07) is -1.59. The maximum Gasteiger partial charge on any atom is 0.412 e. The van der Waals surface area contributed by atoms with Gasteiger partial charge in [0.05, 0.1) is 11.4 Å². The van der Waals surface area contributed by atoms with E-state index >= 15 is 0 Å². The van der Waals surface area contributed by atoms with Crippen LogP contribution in [0.2, 0.25) is 0 Å². The largest absolute Gasteiger partial charge is 0.412 e. The molecule has 1 saturated carbocycles. The van der Waals surface area contributed by atoms with Gasteiger partial charge in [0.15, 0.2) is 0 Å². The smallest absolute Gasteiger partial charge is 0.397 e. The maximum atomic E-state index is 12.8. The highest BCUT2D eigenvalue weighted by atomic mass is 19.4. The summed E-state index contributed by atoms with van der Waals surface area (Å²) in [6.45, 7) is 0. The fourth-order valence-electron chi connectivity index (χ4n) is 1.83. The third-order valence-electron chi connectivity index (χ3n) is 2.82. The van der Waals surface area contributed by atoms with Crippen LogP contribution in [0, 0.1) is 0 Å². The fourth-order valence-corrected chi connectivity index (χ4v) is 1.83. The van der Waals surface area contributed by atoms with Crippen molar-refractivity contribution in [1.82, 2.24) is 10.2 Å².